The largest absolute Gasteiger partial charge is 0.469 e. The van der Waals surface area contributed by atoms with E-state index in [-0.39, 0.29) is 18.2 Å². The number of hydrogen-bond acceptors (Lipinski definition) is 4. The fraction of sp³-hybridized carbons (Fsp3) is 0.542. The number of aliphatic hydroxyl groups excluding tert-OH is 1. The highest BCUT2D eigenvalue weighted by Crippen LogP contribution is 2.41. The van der Waals surface area contributed by atoms with E-state index in [0.717, 1.165) is 30.4 Å². The summed E-state index contributed by atoms with van der Waals surface area (Å²) in [6.45, 7) is 2.20. The molecule has 2 rings (SSSR count). The molecule has 4 heteroatoms. The monoisotopic (exact) mass is 386 g/mol. The molecule has 1 fully saturated rings. The minimum Gasteiger partial charge on any atom is -0.469 e. The zero-order valence-corrected chi connectivity index (χ0v) is 17.2. The van der Waals surface area contributed by atoms with Gasteiger partial charge in [0.2, 0.25) is 0 Å². The molecule has 0 amide bonds. The Kier molecular flexibility index (Phi) is 10.0. The first-order valence-electron chi connectivity index (χ1n) is 10.5. The van der Waals surface area contributed by atoms with Crippen LogP contribution in [0.1, 0.15) is 75.5 Å². The standard InChI is InChI=1S/C24H34O4/c1-3-4-5-6-7-8-13-21(25)17-16-19-11-9-12-20(18-19)24-22(28-24)14-10-15-23(26)27-2/h7-9,11-12,16-18,21-22,24-25H,3-6,10,13-15H2,1-2H3/b8-7-,17-16+. The lowest BCUT2D eigenvalue weighted by Gasteiger charge is -2.03. The van der Waals surface area contributed by atoms with Gasteiger partial charge in [-0.15, -0.1) is 0 Å². The molecule has 4 nitrogen and oxygen atoms in total. The van der Waals surface area contributed by atoms with Gasteiger partial charge in [0.15, 0.2) is 0 Å². The van der Waals surface area contributed by atoms with Crippen molar-refractivity contribution in [1.29, 1.82) is 0 Å². The average molecular weight is 387 g/mol. The van der Waals surface area contributed by atoms with Crippen LogP contribution in [-0.4, -0.2) is 30.4 Å². The first-order chi connectivity index (χ1) is 13.6. The maximum atomic E-state index is 11.2. The van der Waals surface area contributed by atoms with Crippen LogP contribution in [0.3, 0.4) is 0 Å². The van der Waals surface area contributed by atoms with E-state index in [1.54, 1.807) is 0 Å². The number of esters is 1. The van der Waals surface area contributed by atoms with Crippen molar-refractivity contribution in [3.63, 3.8) is 0 Å². The van der Waals surface area contributed by atoms with Gasteiger partial charge in [-0.3, -0.25) is 4.79 Å². The van der Waals surface area contributed by atoms with E-state index in [0.29, 0.717) is 12.8 Å². The maximum Gasteiger partial charge on any atom is 0.305 e. The normalized spacial score (nSPS) is 20.0. The van der Waals surface area contributed by atoms with Crippen LogP contribution in [-0.2, 0) is 14.3 Å². The molecule has 0 bridgehead atoms. The molecule has 0 aliphatic carbocycles. The summed E-state index contributed by atoms with van der Waals surface area (Å²) in [7, 11) is 1.42. The maximum absolute atomic E-state index is 11.2. The summed E-state index contributed by atoms with van der Waals surface area (Å²) in [5.74, 6) is -0.168. The molecule has 1 heterocycles. The first kappa shape index (κ1) is 22.4. The number of rotatable bonds is 13. The lowest BCUT2D eigenvalue weighted by atomic mass is 10.0. The topological polar surface area (TPSA) is 59.1 Å². The summed E-state index contributed by atoms with van der Waals surface area (Å²) in [6.07, 6.45) is 15.4. The van der Waals surface area contributed by atoms with Crippen molar-refractivity contribution in [3.8, 4) is 0 Å². The Morgan fingerprint density at radius 3 is 2.93 bits per heavy atom. The first-order valence-corrected chi connectivity index (χ1v) is 10.5. The summed E-state index contributed by atoms with van der Waals surface area (Å²) < 4.78 is 10.4. The Morgan fingerprint density at radius 2 is 2.14 bits per heavy atom. The van der Waals surface area contributed by atoms with Crippen LogP contribution >= 0.6 is 0 Å². The molecule has 1 aliphatic rings. The number of carbonyl (C=O) groups excluding carboxylic acids is 1. The number of unbranched alkanes of at least 4 members (excludes halogenated alkanes) is 3. The van der Waals surface area contributed by atoms with Crippen LogP contribution in [0.5, 0.6) is 0 Å². The van der Waals surface area contributed by atoms with Gasteiger partial charge in [-0.25, -0.2) is 0 Å². The highest BCUT2D eigenvalue weighted by molar-refractivity contribution is 5.69. The average Bonchev–Trinajstić information content (AvgIpc) is 3.48. The second-order valence-corrected chi connectivity index (χ2v) is 7.36. The summed E-state index contributed by atoms with van der Waals surface area (Å²) in [5.41, 5.74) is 2.21. The molecule has 0 spiro atoms. The molecule has 1 aromatic rings. The number of carbonyl (C=O) groups is 1. The molecule has 154 valence electrons. The molecule has 28 heavy (non-hydrogen) atoms. The Bertz CT molecular complexity index is 650. The van der Waals surface area contributed by atoms with Crippen LogP contribution in [0.4, 0.5) is 0 Å². The van der Waals surface area contributed by atoms with Crippen molar-refractivity contribution in [3.05, 3.63) is 53.6 Å². The predicted molar refractivity (Wildman–Crippen MR) is 113 cm³/mol. The second-order valence-electron chi connectivity index (χ2n) is 7.36. The molecular weight excluding hydrogens is 352 g/mol. The summed E-state index contributed by atoms with van der Waals surface area (Å²) in [6, 6.07) is 8.22. The number of allylic oxidation sites excluding steroid dienone is 1. The van der Waals surface area contributed by atoms with Gasteiger partial charge in [-0.05, 0) is 49.3 Å². The zero-order valence-electron chi connectivity index (χ0n) is 17.2. The van der Waals surface area contributed by atoms with Crippen LogP contribution in [0.25, 0.3) is 6.08 Å². The molecule has 3 unspecified atom stereocenters. The minimum atomic E-state index is -0.464. The van der Waals surface area contributed by atoms with Gasteiger partial charge >= 0.3 is 5.97 Å². The molecule has 0 aromatic heterocycles. The molecule has 3 atom stereocenters. The molecule has 1 aromatic carbocycles. The van der Waals surface area contributed by atoms with E-state index >= 15 is 0 Å². The molecule has 0 saturated carbocycles. The van der Waals surface area contributed by atoms with Gasteiger partial charge in [0.25, 0.3) is 0 Å². The predicted octanol–water partition coefficient (Wildman–Crippen LogP) is 5.37. The van der Waals surface area contributed by atoms with E-state index < -0.39 is 6.10 Å². The fourth-order valence-corrected chi connectivity index (χ4v) is 3.21. The lowest BCUT2D eigenvalue weighted by molar-refractivity contribution is -0.140. The van der Waals surface area contributed by atoms with E-state index in [1.807, 2.05) is 24.3 Å². The number of aliphatic hydroxyl groups is 1. The summed E-state index contributed by atoms with van der Waals surface area (Å²) in [4.78, 5) is 11.2. The molecule has 1 saturated heterocycles. The van der Waals surface area contributed by atoms with Crippen molar-refractivity contribution in [1.82, 2.24) is 0 Å². The van der Waals surface area contributed by atoms with Crippen LogP contribution in [0, 0.1) is 0 Å². The molecule has 1 N–H and O–H groups in total. The van der Waals surface area contributed by atoms with Gasteiger partial charge in [0, 0.05) is 6.42 Å². The van der Waals surface area contributed by atoms with E-state index in [9.17, 15) is 9.90 Å². The minimum absolute atomic E-state index is 0.113. The Labute approximate surface area is 169 Å². The SMILES string of the molecule is CCCCC/C=C\CC(O)/C=C/c1cccc(C2OC2CCCC(=O)OC)c1. The number of hydrogen-bond donors (Lipinski definition) is 1. The highest BCUT2D eigenvalue weighted by atomic mass is 16.6. The number of epoxide rings is 1. The smallest absolute Gasteiger partial charge is 0.305 e. The summed E-state index contributed by atoms with van der Waals surface area (Å²) >= 11 is 0. The second kappa shape index (κ2) is 12.5. The van der Waals surface area contributed by atoms with Crippen molar-refractivity contribution < 1.29 is 19.4 Å². The van der Waals surface area contributed by atoms with Crippen molar-refractivity contribution in [2.24, 2.45) is 0 Å². The van der Waals surface area contributed by atoms with Gasteiger partial charge in [-0.2, -0.15) is 0 Å². The van der Waals surface area contributed by atoms with Crippen LogP contribution in [0.2, 0.25) is 0 Å². The highest BCUT2D eigenvalue weighted by Gasteiger charge is 2.39. The molecule has 1 aliphatic heterocycles. The quantitative estimate of drug-likeness (QED) is 0.214. The Hall–Kier alpha value is -1.91. The van der Waals surface area contributed by atoms with E-state index in [2.05, 4.69) is 35.9 Å². The number of methoxy groups -OCH3 is 1. The lowest BCUT2D eigenvalue weighted by Crippen LogP contribution is -2.00. The number of benzene rings is 1. The third kappa shape index (κ3) is 8.41. The van der Waals surface area contributed by atoms with Gasteiger partial charge in [0.1, 0.15) is 6.10 Å². The number of ether oxygens (including phenoxy) is 2. The van der Waals surface area contributed by atoms with E-state index in [4.69, 9.17) is 4.74 Å². The Balaban J connectivity index is 1.74. The fourth-order valence-electron chi connectivity index (χ4n) is 3.21. The third-order valence-corrected chi connectivity index (χ3v) is 4.95. The van der Waals surface area contributed by atoms with Gasteiger partial charge in [0.05, 0.1) is 19.3 Å². The summed E-state index contributed by atoms with van der Waals surface area (Å²) in [5, 5.41) is 10.1. The third-order valence-electron chi connectivity index (χ3n) is 4.95. The van der Waals surface area contributed by atoms with Crippen molar-refractivity contribution in [2.75, 3.05) is 7.11 Å². The molecule has 0 radical (unpaired) electrons. The molecular formula is C24H34O4. The zero-order chi connectivity index (χ0) is 20.2. The van der Waals surface area contributed by atoms with Gasteiger partial charge in [-0.1, -0.05) is 62.3 Å². The van der Waals surface area contributed by atoms with Crippen molar-refractivity contribution in [2.45, 2.75) is 76.6 Å². The van der Waals surface area contributed by atoms with Crippen LogP contribution < -0.4 is 0 Å². The van der Waals surface area contributed by atoms with E-state index in [1.165, 1.54) is 26.4 Å². The van der Waals surface area contributed by atoms with Gasteiger partial charge < -0.3 is 14.6 Å². The van der Waals surface area contributed by atoms with Crippen molar-refractivity contribution >= 4 is 12.0 Å². The Morgan fingerprint density at radius 1 is 1.29 bits per heavy atom. The van der Waals surface area contributed by atoms with Crippen LogP contribution in [0.15, 0.2) is 42.5 Å².